The lowest BCUT2D eigenvalue weighted by Crippen LogP contribution is -2.13. The monoisotopic (exact) mass is 356 g/mol. The van der Waals surface area contributed by atoms with E-state index in [1.54, 1.807) is 0 Å². The summed E-state index contributed by atoms with van der Waals surface area (Å²) in [6, 6.07) is 14.5. The number of aromatic amines is 4. The number of hydrogen-bond donors (Lipinski definition) is 5. The summed E-state index contributed by atoms with van der Waals surface area (Å²) in [7, 11) is 0. The van der Waals surface area contributed by atoms with Crippen molar-refractivity contribution in [3.05, 3.63) is 92.2 Å². The molecule has 5 rings (SSSR count). The quantitative estimate of drug-likeness (QED) is 0.307. The molecule has 0 amide bonds. The third-order valence-electron chi connectivity index (χ3n) is 4.76. The molecule has 5 nitrogen and oxygen atoms in total. The van der Waals surface area contributed by atoms with Gasteiger partial charge in [0.15, 0.2) is 0 Å². The van der Waals surface area contributed by atoms with E-state index in [0.29, 0.717) is 6.42 Å². The van der Waals surface area contributed by atoms with Crippen LogP contribution in [0.1, 0.15) is 28.3 Å². The molecule has 1 aliphatic rings. The number of aromatic nitrogens is 4. The Kier molecular flexibility index (Phi) is 3.73. The van der Waals surface area contributed by atoms with Gasteiger partial charge < -0.3 is 25.0 Å². The van der Waals surface area contributed by atoms with Crippen LogP contribution in [0.15, 0.2) is 42.5 Å². The fourth-order valence-corrected chi connectivity index (χ4v) is 3.52. The smallest absolute Gasteiger partial charge is 0.0472 e. The van der Waals surface area contributed by atoms with Crippen LogP contribution in [0.25, 0.3) is 24.3 Å². The highest BCUT2D eigenvalue weighted by Crippen LogP contribution is 2.05. The predicted molar refractivity (Wildman–Crippen MR) is 107 cm³/mol. The lowest BCUT2D eigenvalue weighted by Gasteiger charge is -1.92. The number of H-pyrrole nitrogens is 4. The Hall–Kier alpha value is -3.44. The second-order valence-corrected chi connectivity index (χ2v) is 6.82. The Labute approximate surface area is 155 Å². The van der Waals surface area contributed by atoms with E-state index in [2.05, 4.69) is 86.7 Å². The van der Waals surface area contributed by atoms with Gasteiger partial charge in [-0.1, -0.05) is 0 Å². The Balaban J connectivity index is 1.78. The average molecular weight is 356 g/mol. The summed E-state index contributed by atoms with van der Waals surface area (Å²) in [5.74, 6) is 0. The molecule has 0 unspecified atom stereocenters. The molecule has 0 aliphatic carbocycles. The Morgan fingerprint density at radius 1 is 0.593 bits per heavy atom. The fourth-order valence-electron chi connectivity index (χ4n) is 3.52. The van der Waals surface area contributed by atoms with Crippen molar-refractivity contribution in [3.8, 4) is 0 Å². The van der Waals surface area contributed by atoms with E-state index in [9.17, 15) is 5.11 Å². The molecule has 0 radical (unpaired) electrons. The summed E-state index contributed by atoms with van der Waals surface area (Å²) in [6.07, 6.45) is 8.95. The molecule has 4 aromatic rings. The SMILES string of the molecule is OCCc1cc2[nH]c1=Cc1ccc([nH]1)C=c1ccc([nH]1)=Cc1ccc([nH]1)C=2. The maximum absolute atomic E-state index is 9.41. The molecule has 1 aliphatic heterocycles. The molecule has 0 spiro atoms. The Morgan fingerprint density at radius 2 is 1.15 bits per heavy atom. The first-order valence-electron chi connectivity index (χ1n) is 9.04. The van der Waals surface area contributed by atoms with Gasteiger partial charge in [-0.25, -0.2) is 0 Å². The first-order valence-corrected chi connectivity index (χ1v) is 9.04. The number of rotatable bonds is 2. The van der Waals surface area contributed by atoms with Crippen LogP contribution in [0.4, 0.5) is 0 Å². The van der Waals surface area contributed by atoms with Crippen molar-refractivity contribution in [2.75, 3.05) is 6.61 Å². The number of nitrogens with one attached hydrogen (secondary N) is 4. The first-order chi connectivity index (χ1) is 13.2. The van der Waals surface area contributed by atoms with Crippen molar-refractivity contribution in [3.63, 3.8) is 0 Å². The van der Waals surface area contributed by atoms with E-state index in [1.165, 1.54) is 0 Å². The van der Waals surface area contributed by atoms with E-state index in [0.717, 1.165) is 49.7 Å². The zero-order chi connectivity index (χ0) is 18.2. The summed E-state index contributed by atoms with van der Waals surface area (Å²) in [5, 5.41) is 13.5. The third-order valence-corrected chi connectivity index (χ3v) is 4.76. The van der Waals surface area contributed by atoms with Crippen molar-refractivity contribution in [2.45, 2.75) is 6.42 Å². The van der Waals surface area contributed by atoms with Gasteiger partial charge in [0.2, 0.25) is 0 Å². The maximum Gasteiger partial charge on any atom is 0.0472 e. The van der Waals surface area contributed by atoms with Crippen molar-refractivity contribution in [1.82, 2.24) is 19.9 Å². The van der Waals surface area contributed by atoms with Crippen molar-refractivity contribution in [1.29, 1.82) is 0 Å². The van der Waals surface area contributed by atoms with Gasteiger partial charge in [-0.05, 0) is 78.8 Å². The van der Waals surface area contributed by atoms with Crippen molar-refractivity contribution in [2.24, 2.45) is 0 Å². The summed E-state index contributed by atoms with van der Waals surface area (Å²) < 4.78 is 0. The number of aliphatic hydroxyl groups is 1. The lowest BCUT2D eigenvalue weighted by molar-refractivity contribution is 0.299. The Morgan fingerprint density at radius 3 is 1.74 bits per heavy atom. The molecule has 0 fully saturated rings. The Bertz CT molecular complexity index is 1340. The number of hydrogen-bond acceptors (Lipinski definition) is 1. The van der Waals surface area contributed by atoms with E-state index >= 15 is 0 Å². The van der Waals surface area contributed by atoms with Gasteiger partial charge in [-0.15, -0.1) is 0 Å². The first kappa shape index (κ1) is 15.8. The molecule has 5 heteroatoms. The van der Waals surface area contributed by atoms with Crippen molar-refractivity contribution >= 4 is 24.3 Å². The highest BCUT2D eigenvalue weighted by molar-refractivity contribution is 5.55. The second-order valence-electron chi connectivity index (χ2n) is 6.82. The topological polar surface area (TPSA) is 83.4 Å². The van der Waals surface area contributed by atoms with E-state index in [-0.39, 0.29) is 6.61 Å². The number of aliphatic hydroxyl groups excluding tert-OH is 1. The fraction of sp³-hybridized carbons (Fsp3) is 0.0909. The van der Waals surface area contributed by atoms with Crippen LogP contribution < -0.4 is 21.4 Å². The maximum atomic E-state index is 9.41. The average Bonchev–Trinajstić information content (AvgIpc) is 3.41. The van der Waals surface area contributed by atoms with Gasteiger partial charge in [-0.3, -0.25) is 0 Å². The van der Waals surface area contributed by atoms with Gasteiger partial charge >= 0.3 is 0 Å². The predicted octanol–water partition coefficient (Wildman–Crippen LogP) is 0.162. The van der Waals surface area contributed by atoms with E-state index < -0.39 is 0 Å². The minimum atomic E-state index is 0.123. The van der Waals surface area contributed by atoms with Gasteiger partial charge in [0.25, 0.3) is 0 Å². The molecule has 0 saturated heterocycles. The van der Waals surface area contributed by atoms with Crippen LogP contribution >= 0.6 is 0 Å². The molecule has 5 heterocycles. The number of fused-ring (bicyclic) bond motifs is 8. The van der Waals surface area contributed by atoms with Crippen LogP contribution in [-0.2, 0) is 6.42 Å². The van der Waals surface area contributed by atoms with Crippen LogP contribution in [0, 0.1) is 0 Å². The molecular formula is C22H20N4O. The summed E-state index contributed by atoms with van der Waals surface area (Å²) in [5.41, 5.74) is 5.21. The highest BCUT2D eigenvalue weighted by Gasteiger charge is 2.02. The largest absolute Gasteiger partial charge is 0.396 e. The zero-order valence-corrected chi connectivity index (χ0v) is 14.7. The summed E-state index contributed by atoms with van der Waals surface area (Å²) >= 11 is 0. The minimum Gasteiger partial charge on any atom is -0.396 e. The van der Waals surface area contributed by atoms with E-state index in [1.807, 2.05) is 0 Å². The summed E-state index contributed by atoms with van der Waals surface area (Å²) in [6.45, 7) is 0.123. The van der Waals surface area contributed by atoms with Crippen LogP contribution in [0.3, 0.4) is 0 Å². The standard InChI is InChI=1S/C22H20N4O/c27-8-7-14-9-21-12-19-4-3-17(24-19)10-15-1-2-16(23-15)11-18-5-6-20(25-18)13-22(14)26-21/h1-6,9-13,23-27H,7-8H2. The van der Waals surface area contributed by atoms with Crippen LogP contribution in [0.5, 0.6) is 0 Å². The molecule has 0 saturated carbocycles. The molecule has 0 aromatic carbocycles. The molecular weight excluding hydrogens is 336 g/mol. The second kappa shape index (κ2) is 6.37. The summed E-state index contributed by atoms with van der Waals surface area (Å²) in [4.78, 5) is 13.7. The van der Waals surface area contributed by atoms with Gasteiger partial charge in [0, 0.05) is 50.8 Å². The van der Waals surface area contributed by atoms with Crippen LogP contribution in [0.2, 0.25) is 0 Å². The minimum absolute atomic E-state index is 0.123. The van der Waals surface area contributed by atoms with Crippen LogP contribution in [-0.4, -0.2) is 31.6 Å². The van der Waals surface area contributed by atoms with Gasteiger partial charge in [-0.2, -0.15) is 0 Å². The van der Waals surface area contributed by atoms with E-state index in [4.69, 9.17) is 0 Å². The normalized spacial score (nSPS) is 12.6. The highest BCUT2D eigenvalue weighted by atomic mass is 16.2. The lowest BCUT2D eigenvalue weighted by atomic mass is 10.2. The van der Waals surface area contributed by atoms with Gasteiger partial charge in [0.1, 0.15) is 0 Å². The molecule has 134 valence electrons. The third kappa shape index (κ3) is 3.20. The molecule has 5 N–H and O–H groups in total. The molecule has 4 aromatic heterocycles. The van der Waals surface area contributed by atoms with Gasteiger partial charge in [0.05, 0.1) is 0 Å². The molecule has 8 bridgehead atoms. The molecule has 27 heavy (non-hydrogen) atoms. The van der Waals surface area contributed by atoms with Crippen molar-refractivity contribution < 1.29 is 5.11 Å². The zero-order valence-electron chi connectivity index (χ0n) is 14.7. The molecule has 0 atom stereocenters.